The maximum absolute atomic E-state index is 13.7. The Labute approximate surface area is 128 Å². The van der Waals surface area contributed by atoms with Crippen LogP contribution in [0, 0.1) is 5.82 Å². The smallest absolute Gasteiger partial charge is 0.410 e. The highest BCUT2D eigenvalue weighted by Gasteiger charge is 2.47. The van der Waals surface area contributed by atoms with E-state index in [1.165, 1.54) is 6.07 Å². The van der Waals surface area contributed by atoms with Crippen molar-refractivity contribution in [2.45, 2.75) is 31.9 Å². The molecule has 2 fully saturated rings. The summed E-state index contributed by atoms with van der Waals surface area (Å²) in [5.74, 6) is -0.273. The number of benzene rings is 1. The molecule has 0 aromatic heterocycles. The molecule has 2 amide bonds. The molecule has 6 heteroatoms. The molecule has 0 saturated carbocycles. The molecule has 0 bridgehead atoms. The first-order valence-electron chi connectivity index (χ1n) is 7.46. The van der Waals surface area contributed by atoms with Crippen LogP contribution in [0.15, 0.2) is 24.3 Å². The summed E-state index contributed by atoms with van der Waals surface area (Å²) < 4.78 is 19.3. The van der Waals surface area contributed by atoms with Crippen LogP contribution in [0.1, 0.15) is 25.3 Å². The fourth-order valence-electron chi connectivity index (χ4n) is 3.14. The molecule has 2 saturated heterocycles. The molecule has 0 atom stereocenters. The van der Waals surface area contributed by atoms with Crippen molar-refractivity contribution in [3.8, 4) is 0 Å². The lowest BCUT2D eigenvalue weighted by Gasteiger charge is -2.36. The lowest BCUT2D eigenvalue weighted by Crippen LogP contribution is -2.48. The fraction of sp³-hybridized carbons (Fsp3) is 0.500. The van der Waals surface area contributed by atoms with Crippen molar-refractivity contribution in [1.29, 1.82) is 0 Å². The van der Waals surface area contributed by atoms with E-state index >= 15 is 0 Å². The zero-order valence-electron chi connectivity index (χ0n) is 12.5. The molecule has 1 aromatic rings. The van der Waals surface area contributed by atoms with Gasteiger partial charge in [-0.25, -0.2) is 9.18 Å². The van der Waals surface area contributed by atoms with Gasteiger partial charge in [0.2, 0.25) is 5.91 Å². The lowest BCUT2D eigenvalue weighted by atomic mass is 9.91. The van der Waals surface area contributed by atoms with Gasteiger partial charge in [0.15, 0.2) is 0 Å². The zero-order valence-corrected chi connectivity index (χ0v) is 12.5. The number of ether oxygens (including phenoxy) is 1. The van der Waals surface area contributed by atoms with E-state index in [1.54, 1.807) is 34.9 Å². The van der Waals surface area contributed by atoms with Gasteiger partial charge in [0.1, 0.15) is 11.4 Å². The predicted octanol–water partition coefficient (Wildman–Crippen LogP) is 2.16. The summed E-state index contributed by atoms with van der Waals surface area (Å²) in [6, 6.07) is 6.44. The largest absolute Gasteiger partial charge is 0.441 e. The number of halogens is 1. The normalized spacial score (nSPS) is 20.4. The van der Waals surface area contributed by atoms with Crippen LogP contribution in [-0.4, -0.2) is 47.0 Å². The maximum Gasteiger partial charge on any atom is 0.410 e. The third-order valence-electron chi connectivity index (χ3n) is 4.48. The molecular weight excluding hydrogens is 287 g/mol. The molecule has 2 heterocycles. The Morgan fingerprint density at radius 3 is 2.64 bits per heavy atom. The van der Waals surface area contributed by atoms with Crippen LogP contribution in [0.25, 0.3) is 0 Å². The number of rotatable bonds is 2. The Kier molecular flexibility index (Phi) is 3.76. The molecule has 2 aliphatic rings. The van der Waals surface area contributed by atoms with Gasteiger partial charge in [-0.1, -0.05) is 18.2 Å². The third-order valence-corrected chi connectivity index (χ3v) is 4.48. The first-order valence-corrected chi connectivity index (χ1v) is 7.46. The monoisotopic (exact) mass is 306 g/mol. The molecule has 5 nitrogen and oxygen atoms in total. The molecule has 0 aliphatic carbocycles. The Balaban J connectivity index is 1.66. The minimum absolute atomic E-state index is 0.0439. The lowest BCUT2D eigenvalue weighted by molar-refractivity contribution is -0.132. The van der Waals surface area contributed by atoms with Crippen molar-refractivity contribution in [3.05, 3.63) is 35.6 Å². The van der Waals surface area contributed by atoms with Gasteiger partial charge >= 0.3 is 6.09 Å². The molecule has 2 aliphatic heterocycles. The number of likely N-dealkylation sites (tertiary alicyclic amines) is 1. The van der Waals surface area contributed by atoms with Crippen molar-refractivity contribution in [1.82, 2.24) is 9.80 Å². The summed E-state index contributed by atoms with van der Waals surface area (Å²) >= 11 is 0. The van der Waals surface area contributed by atoms with E-state index in [2.05, 4.69) is 0 Å². The fourth-order valence-corrected chi connectivity index (χ4v) is 3.14. The van der Waals surface area contributed by atoms with Crippen LogP contribution in [0.3, 0.4) is 0 Å². The van der Waals surface area contributed by atoms with E-state index in [1.807, 2.05) is 0 Å². The molecule has 22 heavy (non-hydrogen) atoms. The number of carbonyl (C=O) groups is 2. The number of carbonyl (C=O) groups excluding carboxylic acids is 2. The van der Waals surface area contributed by atoms with Gasteiger partial charge in [-0.3, -0.25) is 9.69 Å². The van der Waals surface area contributed by atoms with Gasteiger partial charge in [-0.15, -0.1) is 0 Å². The highest BCUT2D eigenvalue weighted by molar-refractivity contribution is 5.74. The molecule has 0 radical (unpaired) electrons. The molecule has 0 N–H and O–H groups in total. The minimum atomic E-state index is -0.533. The summed E-state index contributed by atoms with van der Waals surface area (Å²) in [4.78, 5) is 26.8. The van der Waals surface area contributed by atoms with Crippen LogP contribution in [0.5, 0.6) is 0 Å². The molecular formula is C16H19FN2O3. The molecule has 1 spiro atoms. The standard InChI is InChI=1S/C16H19FN2O3/c1-12(20)18-8-6-16(7-9-18)11-19(15(21)22-16)10-13-4-2-3-5-14(13)17/h2-5H,6-11H2,1H3. The number of piperidine rings is 1. The summed E-state index contributed by atoms with van der Waals surface area (Å²) in [5.41, 5.74) is -0.0495. The highest BCUT2D eigenvalue weighted by Crippen LogP contribution is 2.34. The third kappa shape index (κ3) is 2.77. The first-order chi connectivity index (χ1) is 10.5. The van der Waals surface area contributed by atoms with Gasteiger partial charge in [-0.05, 0) is 6.07 Å². The Bertz CT molecular complexity index is 597. The predicted molar refractivity (Wildman–Crippen MR) is 77.5 cm³/mol. The summed E-state index contributed by atoms with van der Waals surface area (Å²) in [5, 5.41) is 0. The number of hydrogen-bond donors (Lipinski definition) is 0. The molecule has 3 rings (SSSR count). The van der Waals surface area contributed by atoms with E-state index < -0.39 is 11.7 Å². The van der Waals surface area contributed by atoms with E-state index in [0.29, 0.717) is 38.0 Å². The second-order valence-electron chi connectivity index (χ2n) is 6.00. The van der Waals surface area contributed by atoms with Crippen LogP contribution in [-0.2, 0) is 16.1 Å². The minimum Gasteiger partial charge on any atom is -0.441 e. The molecule has 1 aromatic carbocycles. The SMILES string of the molecule is CC(=O)N1CCC2(CC1)CN(Cc1ccccc1F)C(=O)O2. The van der Waals surface area contributed by atoms with Crippen LogP contribution in [0.2, 0.25) is 0 Å². The van der Waals surface area contributed by atoms with Crippen LogP contribution in [0.4, 0.5) is 9.18 Å². The summed E-state index contributed by atoms with van der Waals surface area (Å²) in [6.45, 7) is 3.39. The first kappa shape index (κ1) is 14.8. The van der Waals surface area contributed by atoms with Gasteiger partial charge in [0, 0.05) is 38.4 Å². The Hall–Kier alpha value is -2.11. The van der Waals surface area contributed by atoms with Crippen molar-refractivity contribution in [3.63, 3.8) is 0 Å². The number of nitrogens with zero attached hydrogens (tertiary/aromatic N) is 2. The average Bonchev–Trinajstić information content (AvgIpc) is 2.78. The summed E-state index contributed by atoms with van der Waals surface area (Å²) in [6.07, 6.45) is 0.859. The van der Waals surface area contributed by atoms with E-state index in [4.69, 9.17) is 4.74 Å². The second-order valence-corrected chi connectivity index (χ2v) is 6.00. The van der Waals surface area contributed by atoms with E-state index in [0.717, 1.165) is 0 Å². The van der Waals surface area contributed by atoms with Gasteiger partial charge in [-0.2, -0.15) is 0 Å². The topological polar surface area (TPSA) is 49.9 Å². The van der Waals surface area contributed by atoms with Crippen molar-refractivity contribution >= 4 is 12.0 Å². The van der Waals surface area contributed by atoms with Crippen molar-refractivity contribution in [2.24, 2.45) is 0 Å². The Morgan fingerprint density at radius 1 is 1.32 bits per heavy atom. The van der Waals surface area contributed by atoms with Gasteiger partial charge in [0.05, 0.1) is 13.1 Å². The second kappa shape index (κ2) is 5.59. The van der Waals surface area contributed by atoms with E-state index in [9.17, 15) is 14.0 Å². The van der Waals surface area contributed by atoms with Crippen LogP contribution < -0.4 is 0 Å². The molecule has 118 valence electrons. The summed E-state index contributed by atoms with van der Waals surface area (Å²) in [7, 11) is 0. The average molecular weight is 306 g/mol. The van der Waals surface area contributed by atoms with Gasteiger partial charge < -0.3 is 9.64 Å². The number of amides is 2. The highest BCUT2D eigenvalue weighted by atomic mass is 19.1. The quantitative estimate of drug-likeness (QED) is 0.841. The zero-order chi connectivity index (χ0) is 15.7. The number of hydrogen-bond acceptors (Lipinski definition) is 3. The van der Waals surface area contributed by atoms with E-state index in [-0.39, 0.29) is 18.3 Å². The van der Waals surface area contributed by atoms with Crippen molar-refractivity contribution in [2.75, 3.05) is 19.6 Å². The molecule has 0 unspecified atom stereocenters. The van der Waals surface area contributed by atoms with Gasteiger partial charge in [0.25, 0.3) is 0 Å². The van der Waals surface area contributed by atoms with Crippen molar-refractivity contribution < 1.29 is 18.7 Å². The Morgan fingerprint density at radius 2 is 2.00 bits per heavy atom. The van der Waals surface area contributed by atoms with Crippen LogP contribution >= 0.6 is 0 Å². The maximum atomic E-state index is 13.7.